The second-order valence-corrected chi connectivity index (χ2v) is 16.4. The first kappa shape index (κ1) is 34.1. The van der Waals surface area contributed by atoms with Crippen LogP contribution < -0.4 is 0 Å². The molecule has 0 spiro atoms. The first-order valence-corrected chi connectivity index (χ1v) is 21.2. The Morgan fingerprint density at radius 3 is 1.43 bits per heavy atom. The minimum atomic E-state index is 0.581. The van der Waals surface area contributed by atoms with E-state index in [1.807, 2.05) is 66.7 Å². The van der Waals surface area contributed by atoms with Gasteiger partial charge in [0.1, 0.15) is 22.3 Å². The van der Waals surface area contributed by atoms with Crippen molar-refractivity contribution in [3.05, 3.63) is 194 Å². The van der Waals surface area contributed by atoms with Crippen LogP contribution in [0, 0.1) is 0 Å². The van der Waals surface area contributed by atoms with E-state index in [2.05, 4.69) is 132 Å². The molecule has 0 N–H and O–H groups in total. The molecule has 0 atom stereocenters. The fourth-order valence-electron chi connectivity index (χ4n) is 9.81. The molecule has 0 aliphatic carbocycles. The summed E-state index contributed by atoms with van der Waals surface area (Å²) in [6.45, 7) is 0. The Balaban J connectivity index is 0.994. The van der Waals surface area contributed by atoms with E-state index < -0.39 is 0 Å². The van der Waals surface area contributed by atoms with E-state index in [9.17, 15) is 0 Å². The molecule has 0 saturated heterocycles. The van der Waals surface area contributed by atoms with Gasteiger partial charge in [0.25, 0.3) is 0 Å². The van der Waals surface area contributed by atoms with Gasteiger partial charge in [-0.15, -0.1) is 0 Å². The summed E-state index contributed by atoms with van der Waals surface area (Å²) in [4.78, 5) is 15.3. The summed E-state index contributed by atoms with van der Waals surface area (Å²) in [5, 5.41) is 13.7. The number of benzene rings is 10. The average molecular weight is 805 g/mol. The van der Waals surface area contributed by atoms with E-state index in [1.54, 1.807) is 0 Å². The van der Waals surface area contributed by atoms with E-state index in [1.165, 1.54) is 32.3 Å². The lowest BCUT2D eigenvalue weighted by atomic mass is 10.0. The molecule has 6 nitrogen and oxygen atoms in total. The Morgan fingerprint density at radius 2 is 0.778 bits per heavy atom. The highest BCUT2D eigenvalue weighted by Crippen LogP contribution is 2.43. The van der Waals surface area contributed by atoms with Crippen molar-refractivity contribution in [2.45, 2.75) is 0 Å². The fourth-order valence-corrected chi connectivity index (χ4v) is 9.81. The van der Waals surface area contributed by atoms with Gasteiger partial charge < -0.3 is 13.4 Å². The molecule has 292 valence electrons. The van der Waals surface area contributed by atoms with Gasteiger partial charge in [-0.2, -0.15) is 0 Å². The highest BCUT2D eigenvalue weighted by molar-refractivity contribution is 6.23. The van der Waals surface area contributed by atoms with Crippen LogP contribution in [-0.2, 0) is 0 Å². The lowest BCUT2D eigenvalue weighted by Gasteiger charge is -2.13. The van der Waals surface area contributed by atoms with E-state index >= 15 is 0 Å². The Morgan fingerprint density at radius 1 is 0.302 bits per heavy atom. The summed E-state index contributed by atoms with van der Waals surface area (Å²) in [6.07, 6.45) is 0. The van der Waals surface area contributed by atoms with Gasteiger partial charge in [0.05, 0.1) is 16.7 Å². The van der Waals surface area contributed by atoms with Gasteiger partial charge in [-0.25, -0.2) is 15.0 Å². The van der Waals surface area contributed by atoms with Crippen LogP contribution in [0.4, 0.5) is 0 Å². The second kappa shape index (κ2) is 12.9. The summed E-state index contributed by atoms with van der Waals surface area (Å²) in [7, 11) is 0. The molecule has 0 bridgehead atoms. The molecule has 0 fully saturated rings. The molecule has 4 aromatic heterocycles. The standard InChI is InChI=1S/C57H32N4O2/c1-2-12-33(13-3-1)55-58-56(38-22-24-51-45(28-38)41-19-10-11-21-50(41)62-51)60-57(59-55)39-23-25-52-46(29-39)54-42-20-9-8-18-40(42)49(32-53(54)63-52)61-47-30-36-16-6-4-14-34(36)26-43(47)44-27-35-15-5-7-17-37(35)31-48(44)61/h1-32H. The van der Waals surface area contributed by atoms with Gasteiger partial charge in [-0.05, 0) is 93.7 Å². The van der Waals surface area contributed by atoms with E-state index in [0.717, 1.165) is 88.1 Å². The van der Waals surface area contributed by atoms with Crippen LogP contribution in [0.15, 0.2) is 203 Å². The summed E-state index contributed by atoms with van der Waals surface area (Å²) >= 11 is 0. The number of aromatic nitrogens is 4. The fraction of sp³-hybridized carbons (Fsp3) is 0. The summed E-state index contributed by atoms with van der Waals surface area (Å²) < 4.78 is 15.4. The van der Waals surface area contributed by atoms with Crippen molar-refractivity contribution in [2.24, 2.45) is 0 Å². The first-order valence-electron chi connectivity index (χ1n) is 21.2. The number of hydrogen-bond acceptors (Lipinski definition) is 5. The topological polar surface area (TPSA) is 69.9 Å². The average Bonchev–Trinajstić information content (AvgIpc) is 4.00. The summed E-state index contributed by atoms with van der Waals surface area (Å²) in [5.74, 6) is 1.77. The van der Waals surface area contributed by atoms with Gasteiger partial charge in [0.15, 0.2) is 17.5 Å². The molecule has 0 amide bonds. The Kier molecular flexibility index (Phi) is 7.02. The maximum Gasteiger partial charge on any atom is 0.164 e. The third kappa shape index (κ3) is 5.15. The van der Waals surface area contributed by atoms with Crippen LogP contribution in [0.1, 0.15) is 0 Å². The molecule has 0 saturated carbocycles. The summed E-state index contributed by atoms with van der Waals surface area (Å²) in [6, 6.07) is 68.1. The Labute approximate surface area is 358 Å². The van der Waals surface area contributed by atoms with Crippen LogP contribution in [-0.4, -0.2) is 19.5 Å². The third-order valence-electron chi connectivity index (χ3n) is 12.8. The highest BCUT2D eigenvalue weighted by atomic mass is 16.3. The second-order valence-electron chi connectivity index (χ2n) is 16.4. The number of para-hydroxylation sites is 1. The molecule has 0 aliphatic rings. The normalized spacial score (nSPS) is 12.1. The van der Waals surface area contributed by atoms with Gasteiger partial charge in [0.2, 0.25) is 0 Å². The maximum atomic E-state index is 6.83. The number of rotatable bonds is 4. The minimum Gasteiger partial charge on any atom is -0.456 e. The van der Waals surface area contributed by atoms with Gasteiger partial charge in [-0.1, -0.05) is 121 Å². The zero-order valence-electron chi connectivity index (χ0n) is 33.6. The molecular formula is C57H32N4O2. The molecule has 0 aliphatic heterocycles. The molecule has 14 aromatic rings. The van der Waals surface area contributed by atoms with Gasteiger partial charge >= 0.3 is 0 Å². The monoisotopic (exact) mass is 804 g/mol. The molecule has 4 heterocycles. The van der Waals surface area contributed by atoms with Crippen molar-refractivity contribution >= 4 is 98.0 Å². The van der Waals surface area contributed by atoms with Crippen molar-refractivity contribution in [2.75, 3.05) is 0 Å². The van der Waals surface area contributed by atoms with Crippen molar-refractivity contribution < 1.29 is 8.83 Å². The summed E-state index contributed by atoms with van der Waals surface area (Å²) in [5.41, 5.74) is 9.33. The van der Waals surface area contributed by atoms with Crippen LogP contribution in [0.2, 0.25) is 0 Å². The zero-order chi connectivity index (χ0) is 41.2. The molecule has 10 aromatic carbocycles. The van der Waals surface area contributed by atoms with Crippen LogP contribution in [0.25, 0.3) is 138 Å². The SMILES string of the molecule is c1ccc(-c2nc(-c3ccc4oc5ccccc5c4c3)nc(-c3ccc4oc5cc(-n6c7cc8ccccc8cc7c7cc8ccccc8cc76)c6ccccc6c5c4c3)n2)cc1. The minimum absolute atomic E-state index is 0.581. The molecule has 0 unspecified atom stereocenters. The van der Waals surface area contributed by atoms with Crippen molar-refractivity contribution in [3.8, 4) is 39.9 Å². The molecule has 63 heavy (non-hydrogen) atoms. The Hall–Kier alpha value is -8.61. The quantitative estimate of drug-likeness (QED) is 0.177. The number of furan rings is 2. The van der Waals surface area contributed by atoms with Crippen molar-refractivity contribution in [1.82, 2.24) is 19.5 Å². The predicted molar refractivity (Wildman–Crippen MR) is 258 cm³/mol. The van der Waals surface area contributed by atoms with E-state index in [-0.39, 0.29) is 0 Å². The molecular weight excluding hydrogens is 773 g/mol. The largest absolute Gasteiger partial charge is 0.456 e. The van der Waals surface area contributed by atoms with Crippen LogP contribution >= 0.6 is 0 Å². The third-order valence-corrected chi connectivity index (χ3v) is 12.8. The smallest absolute Gasteiger partial charge is 0.164 e. The zero-order valence-corrected chi connectivity index (χ0v) is 33.6. The molecule has 6 heteroatoms. The van der Waals surface area contributed by atoms with E-state index in [0.29, 0.717) is 17.5 Å². The van der Waals surface area contributed by atoms with Crippen molar-refractivity contribution in [3.63, 3.8) is 0 Å². The Bertz CT molecular complexity index is 4120. The number of hydrogen-bond donors (Lipinski definition) is 0. The lowest BCUT2D eigenvalue weighted by molar-refractivity contribution is 0.668. The van der Waals surface area contributed by atoms with E-state index in [4.69, 9.17) is 23.8 Å². The van der Waals surface area contributed by atoms with Crippen LogP contribution in [0.5, 0.6) is 0 Å². The van der Waals surface area contributed by atoms with Gasteiger partial charge in [0, 0.05) is 60.5 Å². The lowest BCUT2D eigenvalue weighted by Crippen LogP contribution is -2.00. The predicted octanol–water partition coefficient (Wildman–Crippen LogP) is 15.2. The number of fused-ring (bicyclic) bond motifs is 13. The first-order chi connectivity index (χ1) is 31.2. The maximum absolute atomic E-state index is 6.83. The van der Waals surface area contributed by atoms with Gasteiger partial charge in [-0.3, -0.25) is 0 Å². The highest BCUT2D eigenvalue weighted by Gasteiger charge is 2.21. The molecule has 0 radical (unpaired) electrons. The van der Waals surface area contributed by atoms with Crippen molar-refractivity contribution in [1.29, 1.82) is 0 Å². The molecule has 14 rings (SSSR count). The van der Waals surface area contributed by atoms with Crippen LogP contribution in [0.3, 0.4) is 0 Å². The number of nitrogens with zero attached hydrogens (tertiary/aromatic N) is 4.